The quantitative estimate of drug-likeness (QED) is 0.785. The van der Waals surface area contributed by atoms with Crippen molar-refractivity contribution in [3.63, 3.8) is 0 Å². The third kappa shape index (κ3) is 3.74. The van der Waals surface area contributed by atoms with Crippen LogP contribution in [0, 0.1) is 0 Å². The zero-order valence-corrected chi connectivity index (χ0v) is 15.3. The first-order valence-corrected chi connectivity index (χ1v) is 9.36. The fourth-order valence-corrected chi connectivity index (χ4v) is 4.32. The van der Waals surface area contributed by atoms with E-state index in [1.54, 1.807) is 19.2 Å². The topological polar surface area (TPSA) is 53.1 Å². The van der Waals surface area contributed by atoms with Gasteiger partial charge in [-0.2, -0.15) is 0 Å². The Morgan fingerprint density at radius 2 is 2.04 bits per heavy atom. The third-order valence-corrected chi connectivity index (χ3v) is 5.88. The van der Waals surface area contributed by atoms with Gasteiger partial charge in [0.15, 0.2) is 0 Å². The van der Waals surface area contributed by atoms with Crippen LogP contribution in [0.5, 0.6) is 0 Å². The van der Waals surface area contributed by atoms with Gasteiger partial charge in [0.25, 0.3) is 5.91 Å². The number of nitrogens with zero attached hydrogens (tertiary/aromatic N) is 3. The molecule has 0 N–H and O–H groups in total. The predicted molar refractivity (Wildman–Crippen MR) is 93.7 cm³/mol. The normalized spacial score (nSPS) is 22.4. The maximum Gasteiger partial charge on any atom is 0.264 e. The molecule has 0 bridgehead atoms. The summed E-state index contributed by atoms with van der Waals surface area (Å²) in [6.07, 6.45) is 0.858. The number of hydrogen-bond acceptors (Lipinski definition) is 5. The van der Waals surface area contributed by atoms with Crippen molar-refractivity contribution >= 4 is 34.8 Å². The molecule has 2 saturated heterocycles. The molecule has 132 valence electrons. The molecule has 0 aliphatic carbocycles. The number of rotatable bonds is 5. The zero-order valence-electron chi connectivity index (χ0n) is 13.7. The summed E-state index contributed by atoms with van der Waals surface area (Å²) in [5, 5.41) is 0. The fourth-order valence-electron chi connectivity index (χ4n) is 3.31. The summed E-state index contributed by atoms with van der Waals surface area (Å²) in [4.78, 5) is 31.5. The van der Waals surface area contributed by atoms with Crippen LogP contribution in [-0.2, 0) is 9.53 Å². The van der Waals surface area contributed by atoms with Crippen LogP contribution in [0.15, 0.2) is 12.1 Å². The van der Waals surface area contributed by atoms with Gasteiger partial charge >= 0.3 is 0 Å². The number of ether oxygens (including phenoxy) is 1. The lowest BCUT2D eigenvalue weighted by Gasteiger charge is -2.37. The summed E-state index contributed by atoms with van der Waals surface area (Å²) < 4.78 is 5.69. The highest BCUT2D eigenvalue weighted by Gasteiger charge is 2.37. The second kappa shape index (κ2) is 7.82. The predicted octanol–water partition coefficient (Wildman–Crippen LogP) is 1.41. The summed E-state index contributed by atoms with van der Waals surface area (Å²) in [7, 11) is 1.65. The number of piperazine rings is 1. The van der Waals surface area contributed by atoms with Gasteiger partial charge in [-0.15, -0.1) is 11.3 Å². The lowest BCUT2D eigenvalue weighted by Crippen LogP contribution is -2.53. The first-order chi connectivity index (χ1) is 11.6. The number of thiophene rings is 1. The third-order valence-electron chi connectivity index (χ3n) is 4.66. The smallest absolute Gasteiger partial charge is 0.264 e. The van der Waals surface area contributed by atoms with Crippen LogP contribution in [0.1, 0.15) is 16.1 Å². The van der Waals surface area contributed by atoms with Gasteiger partial charge in [-0.3, -0.25) is 14.5 Å². The first-order valence-electron chi connectivity index (χ1n) is 8.16. The van der Waals surface area contributed by atoms with Crippen molar-refractivity contribution in [3.05, 3.63) is 21.3 Å². The maximum absolute atomic E-state index is 12.5. The Labute approximate surface area is 150 Å². The van der Waals surface area contributed by atoms with Crippen LogP contribution in [-0.4, -0.2) is 85.5 Å². The molecule has 1 atom stereocenters. The Balaban J connectivity index is 1.52. The van der Waals surface area contributed by atoms with E-state index < -0.39 is 0 Å². The molecule has 0 saturated carbocycles. The summed E-state index contributed by atoms with van der Waals surface area (Å²) in [5.74, 6) is 0.225. The van der Waals surface area contributed by atoms with Crippen LogP contribution in [0.25, 0.3) is 0 Å². The number of likely N-dealkylation sites (tertiary alicyclic amines) is 1. The SMILES string of the molecule is COCCN1CCC(N2CCN(C(=O)c3ccc(Cl)s3)CC2)C1=O. The van der Waals surface area contributed by atoms with E-state index in [4.69, 9.17) is 16.3 Å². The van der Waals surface area contributed by atoms with Crippen molar-refractivity contribution in [2.24, 2.45) is 0 Å². The molecule has 3 rings (SSSR count). The summed E-state index contributed by atoms with van der Waals surface area (Å²) in [6, 6.07) is 3.48. The molecule has 6 nitrogen and oxygen atoms in total. The minimum Gasteiger partial charge on any atom is -0.383 e. The van der Waals surface area contributed by atoms with E-state index in [0.29, 0.717) is 35.5 Å². The largest absolute Gasteiger partial charge is 0.383 e. The number of carbonyl (C=O) groups is 2. The Morgan fingerprint density at radius 1 is 1.29 bits per heavy atom. The van der Waals surface area contributed by atoms with Crippen LogP contribution in [0.4, 0.5) is 0 Å². The number of halogens is 1. The zero-order chi connectivity index (χ0) is 17.1. The minimum absolute atomic E-state index is 0.0334. The monoisotopic (exact) mass is 371 g/mol. The van der Waals surface area contributed by atoms with Gasteiger partial charge in [-0.25, -0.2) is 0 Å². The molecule has 0 spiro atoms. The highest BCUT2D eigenvalue weighted by molar-refractivity contribution is 7.17. The molecule has 0 aromatic carbocycles. The van der Waals surface area contributed by atoms with E-state index in [0.717, 1.165) is 26.1 Å². The van der Waals surface area contributed by atoms with Gasteiger partial charge in [0.1, 0.15) is 0 Å². The molecule has 2 amide bonds. The highest BCUT2D eigenvalue weighted by Crippen LogP contribution is 2.24. The van der Waals surface area contributed by atoms with Crippen molar-refractivity contribution in [2.45, 2.75) is 12.5 Å². The molecule has 0 radical (unpaired) electrons. The summed E-state index contributed by atoms with van der Waals surface area (Å²) in [6.45, 7) is 4.79. The van der Waals surface area contributed by atoms with E-state index in [1.165, 1.54) is 11.3 Å². The molecule has 2 fully saturated rings. The molecule has 8 heteroatoms. The number of methoxy groups -OCH3 is 1. The van der Waals surface area contributed by atoms with E-state index in [9.17, 15) is 9.59 Å². The second-order valence-electron chi connectivity index (χ2n) is 6.05. The Bertz CT molecular complexity index is 601. The van der Waals surface area contributed by atoms with Crippen LogP contribution in [0.2, 0.25) is 4.34 Å². The van der Waals surface area contributed by atoms with Crippen LogP contribution in [0.3, 0.4) is 0 Å². The standard InChI is InChI=1S/C16H22ClN3O3S/c1-23-11-10-19-5-4-12(15(19)21)18-6-8-20(9-7-18)16(22)13-2-3-14(17)24-13/h2-3,12H,4-11H2,1H3. The lowest BCUT2D eigenvalue weighted by molar-refractivity contribution is -0.133. The maximum atomic E-state index is 12.5. The van der Waals surface area contributed by atoms with Gasteiger partial charge in [0.2, 0.25) is 5.91 Å². The van der Waals surface area contributed by atoms with Gasteiger partial charge in [-0.05, 0) is 18.6 Å². The average molecular weight is 372 g/mol. The Morgan fingerprint density at radius 3 is 2.67 bits per heavy atom. The molecule has 1 unspecified atom stereocenters. The van der Waals surface area contributed by atoms with Gasteiger partial charge in [0, 0.05) is 46.4 Å². The number of carbonyl (C=O) groups excluding carboxylic acids is 2. The van der Waals surface area contributed by atoms with E-state index in [-0.39, 0.29) is 17.9 Å². The van der Waals surface area contributed by atoms with Crippen molar-refractivity contribution in [1.82, 2.24) is 14.7 Å². The van der Waals surface area contributed by atoms with Crippen LogP contribution < -0.4 is 0 Å². The van der Waals surface area contributed by atoms with E-state index >= 15 is 0 Å². The van der Waals surface area contributed by atoms with Crippen molar-refractivity contribution in [1.29, 1.82) is 0 Å². The van der Waals surface area contributed by atoms with E-state index in [1.807, 2.05) is 9.80 Å². The van der Waals surface area contributed by atoms with Crippen LogP contribution >= 0.6 is 22.9 Å². The lowest BCUT2D eigenvalue weighted by atomic mass is 10.1. The molecule has 24 heavy (non-hydrogen) atoms. The molecule has 3 heterocycles. The summed E-state index contributed by atoms with van der Waals surface area (Å²) in [5.41, 5.74) is 0. The molecular weight excluding hydrogens is 350 g/mol. The molecular formula is C16H22ClN3O3S. The number of hydrogen-bond donors (Lipinski definition) is 0. The molecule has 2 aliphatic heterocycles. The summed E-state index contributed by atoms with van der Waals surface area (Å²) >= 11 is 7.22. The molecule has 2 aliphatic rings. The molecule has 1 aromatic rings. The van der Waals surface area contributed by atoms with Gasteiger partial charge < -0.3 is 14.5 Å². The van der Waals surface area contributed by atoms with Crippen molar-refractivity contribution in [2.75, 3.05) is 53.0 Å². The molecule has 1 aromatic heterocycles. The number of amides is 2. The first kappa shape index (κ1) is 17.7. The second-order valence-corrected chi connectivity index (χ2v) is 7.77. The van der Waals surface area contributed by atoms with Gasteiger partial charge in [-0.1, -0.05) is 11.6 Å². The Kier molecular flexibility index (Phi) is 5.76. The highest BCUT2D eigenvalue weighted by atomic mass is 35.5. The van der Waals surface area contributed by atoms with E-state index in [2.05, 4.69) is 4.90 Å². The van der Waals surface area contributed by atoms with Crippen molar-refractivity contribution in [3.8, 4) is 0 Å². The Hall–Kier alpha value is -1.15. The van der Waals surface area contributed by atoms with Gasteiger partial charge in [0.05, 0.1) is 21.9 Å². The minimum atomic E-state index is -0.0460. The van der Waals surface area contributed by atoms with Crippen molar-refractivity contribution < 1.29 is 14.3 Å². The average Bonchev–Trinajstić information content (AvgIpc) is 3.19. The fraction of sp³-hybridized carbons (Fsp3) is 0.625.